The number of hydrogen-bond acceptors (Lipinski definition) is 12. The van der Waals surface area contributed by atoms with E-state index in [2.05, 4.69) is 0 Å². The average molecular weight is 713 g/mol. The van der Waals surface area contributed by atoms with Crippen LogP contribution in [0.3, 0.4) is 0 Å². The van der Waals surface area contributed by atoms with Gasteiger partial charge in [0.25, 0.3) is 0 Å². The Morgan fingerprint density at radius 2 is 0.500 bits per heavy atom. The molecule has 0 saturated heterocycles. The molecule has 0 amide bonds. The van der Waals surface area contributed by atoms with Gasteiger partial charge in [-0.05, 0) is 100 Å². The van der Waals surface area contributed by atoms with Crippen LogP contribution in [0.1, 0.15) is 70.2 Å². The van der Waals surface area contributed by atoms with Crippen LogP contribution in [0.2, 0.25) is 0 Å². The molecule has 0 saturated carbocycles. The third-order valence-electron chi connectivity index (χ3n) is 8.96. The molecule has 280 valence electrons. The zero-order valence-electron chi connectivity index (χ0n) is 30.2. The summed E-state index contributed by atoms with van der Waals surface area (Å²) in [5.41, 5.74) is 59.7. The minimum Gasteiger partial charge on any atom is -0.493 e. The second kappa shape index (κ2) is 18.6. The molecular formula is C40H56N8O4. The number of anilines is 4. The SMILES string of the molecule is NCCCOc1c2cc(N)cc1Cc1cc(N)cc(c1OCCCN)Cc1cc(N)cc(c1OCCCN)Cc1cc(N)cc(c1OCCCN)C2. The molecule has 4 aromatic carbocycles. The van der Waals surface area contributed by atoms with Crippen molar-refractivity contribution in [2.24, 2.45) is 22.9 Å². The summed E-state index contributed by atoms with van der Waals surface area (Å²) in [4.78, 5) is 0. The molecule has 0 spiro atoms. The van der Waals surface area contributed by atoms with Gasteiger partial charge in [0.1, 0.15) is 23.0 Å². The van der Waals surface area contributed by atoms with E-state index in [-0.39, 0.29) is 0 Å². The van der Waals surface area contributed by atoms with Crippen molar-refractivity contribution in [3.63, 3.8) is 0 Å². The van der Waals surface area contributed by atoms with E-state index in [1.54, 1.807) is 0 Å². The van der Waals surface area contributed by atoms with Crippen LogP contribution in [0.15, 0.2) is 48.5 Å². The van der Waals surface area contributed by atoms with Gasteiger partial charge in [-0.25, -0.2) is 0 Å². The summed E-state index contributed by atoms with van der Waals surface area (Å²) in [7, 11) is 0. The molecule has 12 nitrogen and oxygen atoms in total. The molecular weight excluding hydrogens is 656 g/mol. The summed E-state index contributed by atoms with van der Waals surface area (Å²) in [5, 5.41) is 0. The first-order valence-electron chi connectivity index (χ1n) is 18.2. The van der Waals surface area contributed by atoms with Crippen molar-refractivity contribution in [3.05, 3.63) is 93.0 Å². The Labute approximate surface area is 307 Å². The van der Waals surface area contributed by atoms with Crippen LogP contribution in [-0.4, -0.2) is 52.6 Å². The quantitative estimate of drug-likeness (QED) is 0.0540. The Morgan fingerprint density at radius 1 is 0.327 bits per heavy atom. The molecule has 0 aliphatic heterocycles. The monoisotopic (exact) mass is 712 g/mol. The van der Waals surface area contributed by atoms with Gasteiger partial charge in [-0.2, -0.15) is 0 Å². The van der Waals surface area contributed by atoms with Crippen LogP contribution >= 0.6 is 0 Å². The third-order valence-corrected chi connectivity index (χ3v) is 8.96. The number of hydrogen-bond donors (Lipinski definition) is 8. The highest BCUT2D eigenvalue weighted by Gasteiger charge is 2.24. The fraction of sp³-hybridized carbons (Fsp3) is 0.400. The van der Waals surface area contributed by atoms with Gasteiger partial charge in [0.2, 0.25) is 0 Å². The molecule has 0 unspecified atom stereocenters. The number of ether oxygens (including phenoxy) is 4. The fourth-order valence-electron chi connectivity index (χ4n) is 6.77. The molecule has 16 N–H and O–H groups in total. The maximum atomic E-state index is 6.64. The van der Waals surface area contributed by atoms with Gasteiger partial charge in [-0.15, -0.1) is 0 Å². The molecule has 0 atom stereocenters. The summed E-state index contributed by atoms with van der Waals surface area (Å²) in [5.74, 6) is 2.93. The maximum absolute atomic E-state index is 6.64. The van der Waals surface area contributed by atoms with Gasteiger partial charge >= 0.3 is 0 Å². The lowest BCUT2D eigenvalue weighted by Gasteiger charge is -2.24. The van der Waals surface area contributed by atoms with Gasteiger partial charge in [-0.3, -0.25) is 0 Å². The lowest BCUT2D eigenvalue weighted by atomic mass is 9.90. The third kappa shape index (κ3) is 9.71. The van der Waals surface area contributed by atoms with Crippen molar-refractivity contribution in [1.29, 1.82) is 0 Å². The van der Waals surface area contributed by atoms with Crippen molar-refractivity contribution in [3.8, 4) is 23.0 Å². The summed E-state index contributed by atoms with van der Waals surface area (Å²) >= 11 is 0. The summed E-state index contributed by atoms with van der Waals surface area (Å²) < 4.78 is 26.2. The topological polar surface area (TPSA) is 245 Å². The first kappa shape index (κ1) is 38.4. The predicted molar refractivity (Wildman–Crippen MR) is 211 cm³/mol. The molecule has 5 rings (SSSR count). The first-order chi connectivity index (χ1) is 25.2. The predicted octanol–water partition coefficient (Wildman–Crippen LogP) is 3.60. The molecule has 12 heteroatoms. The van der Waals surface area contributed by atoms with Gasteiger partial charge in [0.15, 0.2) is 0 Å². The van der Waals surface area contributed by atoms with E-state index in [9.17, 15) is 0 Å². The summed E-state index contributed by atoms with van der Waals surface area (Å²) in [6.07, 6.45) is 4.51. The average Bonchev–Trinajstić information content (AvgIpc) is 3.09. The first-order valence-corrected chi connectivity index (χ1v) is 18.2. The molecule has 0 radical (unpaired) electrons. The highest BCUT2D eigenvalue weighted by atomic mass is 16.5. The second-order valence-corrected chi connectivity index (χ2v) is 13.3. The largest absolute Gasteiger partial charge is 0.493 e. The molecule has 0 fully saturated rings. The molecule has 1 aliphatic carbocycles. The summed E-state index contributed by atoms with van der Waals surface area (Å²) in [6, 6.07) is 15.6. The summed E-state index contributed by atoms with van der Waals surface area (Å²) in [6.45, 7) is 3.74. The lowest BCUT2D eigenvalue weighted by Crippen LogP contribution is -2.14. The molecule has 52 heavy (non-hydrogen) atoms. The van der Waals surface area contributed by atoms with Crippen LogP contribution in [0.5, 0.6) is 23.0 Å². The van der Waals surface area contributed by atoms with E-state index in [1.807, 2.05) is 48.5 Å². The van der Waals surface area contributed by atoms with Crippen LogP contribution in [-0.2, 0) is 25.7 Å². The van der Waals surface area contributed by atoms with Crippen molar-refractivity contribution in [1.82, 2.24) is 0 Å². The van der Waals surface area contributed by atoms with Crippen molar-refractivity contribution in [2.75, 3.05) is 75.5 Å². The molecule has 0 heterocycles. The second-order valence-electron chi connectivity index (χ2n) is 13.3. The number of fused-ring (bicyclic) bond motifs is 8. The van der Waals surface area contributed by atoms with E-state index >= 15 is 0 Å². The number of nitrogens with two attached hydrogens (primary N) is 8. The highest BCUT2D eigenvalue weighted by molar-refractivity contribution is 5.64. The Bertz CT molecular complexity index is 1460. The smallest absolute Gasteiger partial charge is 0.126 e. The maximum Gasteiger partial charge on any atom is 0.126 e. The minimum absolute atomic E-state index is 0.438. The van der Waals surface area contributed by atoms with Gasteiger partial charge in [0.05, 0.1) is 26.4 Å². The number of rotatable bonds is 16. The fourth-order valence-corrected chi connectivity index (χ4v) is 6.77. The number of benzene rings is 4. The normalized spacial score (nSPS) is 12.4. The zero-order chi connectivity index (χ0) is 37.0. The standard InChI is InChI=1S/C40H56N8O4/c41-5-1-9-49-37-25-13-27-19-34(46)21-29(38(27)50-10-2-6-42)15-31-23-36(48)24-32(40(31)52-12-4-8-44)16-30-22-35(47)20-28(39(30)51-11-3-7-43)14-26(37)18-33(45)17-25/h17-24H,1-16,41-48H2. The van der Waals surface area contributed by atoms with E-state index < -0.39 is 0 Å². The Hall–Kier alpha value is -4.88. The Morgan fingerprint density at radius 3 is 0.654 bits per heavy atom. The van der Waals surface area contributed by atoms with Crippen molar-refractivity contribution < 1.29 is 18.9 Å². The molecule has 8 bridgehead atoms. The number of nitrogen functional groups attached to an aromatic ring is 4. The van der Waals surface area contributed by atoms with Crippen LogP contribution in [0.25, 0.3) is 0 Å². The zero-order valence-corrected chi connectivity index (χ0v) is 30.2. The van der Waals surface area contributed by atoms with Crippen molar-refractivity contribution in [2.45, 2.75) is 51.4 Å². The Kier molecular flexibility index (Phi) is 13.7. The molecule has 4 aromatic rings. The lowest BCUT2D eigenvalue weighted by molar-refractivity contribution is 0.301. The van der Waals surface area contributed by atoms with Gasteiger partial charge in [0, 0.05) is 92.9 Å². The van der Waals surface area contributed by atoms with E-state index in [1.165, 1.54) is 0 Å². The Balaban J connectivity index is 1.81. The van der Waals surface area contributed by atoms with Crippen LogP contribution < -0.4 is 64.8 Å². The molecule has 0 aromatic heterocycles. The molecule has 1 aliphatic rings. The highest BCUT2D eigenvalue weighted by Crippen LogP contribution is 2.41. The minimum atomic E-state index is 0.438. The van der Waals surface area contributed by atoms with Crippen molar-refractivity contribution >= 4 is 22.7 Å². The van der Waals surface area contributed by atoms with E-state index in [4.69, 9.17) is 64.8 Å². The van der Waals surface area contributed by atoms with Gasteiger partial charge < -0.3 is 64.8 Å². The van der Waals surface area contributed by atoms with Crippen LogP contribution in [0, 0.1) is 0 Å². The van der Waals surface area contributed by atoms with Gasteiger partial charge in [-0.1, -0.05) is 0 Å². The van der Waals surface area contributed by atoms with Crippen LogP contribution in [0.4, 0.5) is 22.7 Å². The van der Waals surface area contributed by atoms with E-state index in [0.717, 1.165) is 67.5 Å². The van der Waals surface area contributed by atoms with E-state index in [0.29, 0.717) is 127 Å².